The molecule has 3 aromatic heterocycles. The minimum Gasteiger partial charge on any atom is -0.362 e. The van der Waals surface area contributed by atoms with Crippen molar-refractivity contribution in [3.63, 3.8) is 0 Å². The van der Waals surface area contributed by atoms with Gasteiger partial charge in [0.15, 0.2) is 0 Å². The number of amides is 1. The molecule has 0 aromatic carbocycles. The lowest BCUT2D eigenvalue weighted by atomic mass is 10.3. The van der Waals surface area contributed by atoms with E-state index in [9.17, 15) is 4.79 Å². The molecular formula is C18H22N6O3. The molecule has 0 atom stereocenters. The zero-order chi connectivity index (χ0) is 19.1. The van der Waals surface area contributed by atoms with E-state index in [1.165, 1.54) is 0 Å². The third-order valence-electron chi connectivity index (χ3n) is 3.82. The molecule has 27 heavy (non-hydrogen) atoms. The fourth-order valence-corrected chi connectivity index (χ4v) is 2.57. The van der Waals surface area contributed by atoms with Crippen molar-refractivity contribution in [3.05, 3.63) is 47.9 Å². The molecule has 142 valence electrons. The predicted octanol–water partition coefficient (Wildman–Crippen LogP) is 1.67. The van der Waals surface area contributed by atoms with Crippen LogP contribution in [0.15, 0.2) is 35.1 Å². The molecule has 0 aliphatic carbocycles. The Morgan fingerprint density at radius 3 is 3.00 bits per heavy atom. The van der Waals surface area contributed by atoms with Gasteiger partial charge < -0.3 is 14.6 Å². The SMILES string of the molecule is Cc1cc(C)n(CCCNC(=O)COCc2nc(-c3cccnc3)no2)n1. The van der Waals surface area contributed by atoms with Crippen LogP contribution < -0.4 is 5.32 Å². The number of carbonyl (C=O) groups excluding carboxylic acids is 1. The molecule has 0 aliphatic heterocycles. The first-order valence-corrected chi connectivity index (χ1v) is 8.70. The molecule has 0 radical (unpaired) electrons. The Bertz CT molecular complexity index is 874. The fraction of sp³-hybridized carbons (Fsp3) is 0.389. The van der Waals surface area contributed by atoms with E-state index in [1.807, 2.05) is 30.7 Å². The molecule has 1 N–H and O–H groups in total. The zero-order valence-corrected chi connectivity index (χ0v) is 15.4. The number of ether oxygens (including phenoxy) is 1. The lowest BCUT2D eigenvalue weighted by Crippen LogP contribution is -2.29. The van der Waals surface area contributed by atoms with Crippen LogP contribution in [0.5, 0.6) is 0 Å². The van der Waals surface area contributed by atoms with Gasteiger partial charge in [0.2, 0.25) is 11.7 Å². The number of aromatic nitrogens is 5. The topological polar surface area (TPSA) is 108 Å². The summed E-state index contributed by atoms with van der Waals surface area (Å²) in [6.45, 7) is 5.32. The Morgan fingerprint density at radius 2 is 2.26 bits per heavy atom. The van der Waals surface area contributed by atoms with E-state index in [0.717, 1.165) is 29.9 Å². The molecule has 0 fully saturated rings. The standard InChI is InChI=1S/C18H22N6O3/c1-13-9-14(2)24(22-13)8-4-7-20-16(25)11-26-12-17-21-18(23-27-17)15-5-3-6-19-10-15/h3,5-6,9-10H,4,7-8,11-12H2,1-2H3,(H,20,25). The summed E-state index contributed by atoms with van der Waals surface area (Å²) in [5.74, 6) is 0.567. The minimum atomic E-state index is -0.185. The highest BCUT2D eigenvalue weighted by atomic mass is 16.5. The van der Waals surface area contributed by atoms with Gasteiger partial charge in [0.05, 0.1) is 5.69 Å². The van der Waals surface area contributed by atoms with Crippen LogP contribution in [0.25, 0.3) is 11.4 Å². The van der Waals surface area contributed by atoms with Gasteiger partial charge >= 0.3 is 0 Å². The summed E-state index contributed by atoms with van der Waals surface area (Å²) in [5, 5.41) is 11.1. The van der Waals surface area contributed by atoms with Crippen molar-refractivity contribution in [1.29, 1.82) is 0 Å². The summed E-state index contributed by atoms with van der Waals surface area (Å²) >= 11 is 0. The number of carbonyl (C=O) groups is 1. The average Bonchev–Trinajstić information content (AvgIpc) is 3.26. The van der Waals surface area contributed by atoms with Gasteiger partial charge in [-0.25, -0.2) is 0 Å². The van der Waals surface area contributed by atoms with Crippen LogP contribution in [-0.2, 0) is 22.7 Å². The Hall–Kier alpha value is -3.07. The van der Waals surface area contributed by atoms with E-state index in [-0.39, 0.29) is 19.1 Å². The van der Waals surface area contributed by atoms with Crippen LogP contribution in [0, 0.1) is 13.8 Å². The number of nitrogens with one attached hydrogen (secondary N) is 1. The Balaban J connectivity index is 1.33. The van der Waals surface area contributed by atoms with Gasteiger partial charge in [0.25, 0.3) is 5.89 Å². The van der Waals surface area contributed by atoms with Gasteiger partial charge in [0.1, 0.15) is 13.2 Å². The second kappa shape index (κ2) is 9.04. The lowest BCUT2D eigenvalue weighted by Gasteiger charge is -2.06. The monoisotopic (exact) mass is 370 g/mol. The first-order valence-electron chi connectivity index (χ1n) is 8.70. The molecule has 0 unspecified atom stereocenters. The molecule has 0 saturated heterocycles. The molecule has 0 aliphatic rings. The Kier molecular flexibility index (Phi) is 6.26. The number of hydrogen-bond donors (Lipinski definition) is 1. The molecule has 0 spiro atoms. The Morgan fingerprint density at radius 1 is 1.37 bits per heavy atom. The second-order valence-electron chi connectivity index (χ2n) is 6.10. The molecule has 9 nitrogen and oxygen atoms in total. The normalized spacial score (nSPS) is 10.9. The molecule has 3 rings (SSSR count). The fourth-order valence-electron chi connectivity index (χ4n) is 2.57. The first kappa shape index (κ1) is 18.7. The number of pyridine rings is 1. The minimum absolute atomic E-state index is 0.0650. The molecule has 0 saturated carbocycles. The number of hydrogen-bond acceptors (Lipinski definition) is 7. The van der Waals surface area contributed by atoms with Crippen molar-refractivity contribution in [1.82, 2.24) is 30.2 Å². The molecule has 9 heteroatoms. The molecule has 0 bridgehead atoms. The molecule has 1 amide bonds. The van der Waals surface area contributed by atoms with Crippen LogP contribution in [0.4, 0.5) is 0 Å². The van der Waals surface area contributed by atoms with Crippen LogP contribution >= 0.6 is 0 Å². The third-order valence-corrected chi connectivity index (χ3v) is 3.82. The summed E-state index contributed by atoms with van der Waals surface area (Å²) in [4.78, 5) is 20.0. The summed E-state index contributed by atoms with van der Waals surface area (Å²) in [6.07, 6.45) is 4.12. The average molecular weight is 370 g/mol. The quantitative estimate of drug-likeness (QED) is 0.571. The van der Waals surface area contributed by atoms with Gasteiger partial charge in [-0.3, -0.25) is 14.5 Å². The summed E-state index contributed by atoms with van der Waals surface area (Å²) in [5.41, 5.74) is 2.87. The summed E-state index contributed by atoms with van der Waals surface area (Å²) < 4.78 is 12.4. The number of rotatable bonds is 9. The molecule has 3 aromatic rings. The van der Waals surface area contributed by atoms with E-state index in [1.54, 1.807) is 18.5 Å². The highest BCUT2D eigenvalue weighted by Gasteiger charge is 2.09. The van der Waals surface area contributed by atoms with Gasteiger partial charge in [-0.05, 0) is 38.5 Å². The van der Waals surface area contributed by atoms with E-state index >= 15 is 0 Å². The van der Waals surface area contributed by atoms with E-state index in [0.29, 0.717) is 18.3 Å². The van der Waals surface area contributed by atoms with E-state index < -0.39 is 0 Å². The maximum atomic E-state index is 11.8. The first-order chi connectivity index (χ1) is 13.1. The van der Waals surface area contributed by atoms with Gasteiger partial charge in [-0.15, -0.1) is 0 Å². The van der Waals surface area contributed by atoms with Crippen molar-refractivity contribution in [3.8, 4) is 11.4 Å². The summed E-state index contributed by atoms with van der Waals surface area (Å²) in [7, 11) is 0. The summed E-state index contributed by atoms with van der Waals surface area (Å²) in [6, 6.07) is 5.66. The van der Waals surface area contributed by atoms with Crippen molar-refractivity contribution in [2.45, 2.75) is 33.4 Å². The van der Waals surface area contributed by atoms with Crippen molar-refractivity contribution in [2.75, 3.05) is 13.2 Å². The van der Waals surface area contributed by atoms with Gasteiger partial charge in [0, 0.05) is 36.7 Å². The van der Waals surface area contributed by atoms with Gasteiger partial charge in [-0.2, -0.15) is 10.1 Å². The second-order valence-corrected chi connectivity index (χ2v) is 6.10. The third kappa shape index (κ3) is 5.45. The van der Waals surface area contributed by atoms with Crippen molar-refractivity contribution >= 4 is 5.91 Å². The largest absolute Gasteiger partial charge is 0.362 e. The van der Waals surface area contributed by atoms with Gasteiger partial charge in [-0.1, -0.05) is 5.16 Å². The highest BCUT2D eigenvalue weighted by molar-refractivity contribution is 5.77. The number of aryl methyl sites for hydroxylation is 3. The highest BCUT2D eigenvalue weighted by Crippen LogP contribution is 2.13. The van der Waals surface area contributed by atoms with Crippen molar-refractivity contribution in [2.24, 2.45) is 0 Å². The van der Waals surface area contributed by atoms with Crippen LogP contribution in [0.3, 0.4) is 0 Å². The Labute approximate surface area is 156 Å². The molecular weight excluding hydrogens is 348 g/mol. The van der Waals surface area contributed by atoms with Crippen LogP contribution in [0.1, 0.15) is 23.7 Å². The number of nitrogens with zero attached hydrogens (tertiary/aromatic N) is 5. The zero-order valence-electron chi connectivity index (χ0n) is 15.4. The molecule has 3 heterocycles. The van der Waals surface area contributed by atoms with E-state index in [2.05, 4.69) is 25.5 Å². The maximum absolute atomic E-state index is 11.8. The lowest BCUT2D eigenvalue weighted by molar-refractivity contribution is -0.126. The van der Waals surface area contributed by atoms with E-state index in [4.69, 9.17) is 9.26 Å². The maximum Gasteiger partial charge on any atom is 0.252 e. The van der Waals surface area contributed by atoms with Crippen LogP contribution in [0.2, 0.25) is 0 Å². The smallest absolute Gasteiger partial charge is 0.252 e. The van der Waals surface area contributed by atoms with Crippen molar-refractivity contribution < 1.29 is 14.1 Å². The van der Waals surface area contributed by atoms with Crippen LogP contribution in [-0.4, -0.2) is 44.0 Å². The predicted molar refractivity (Wildman–Crippen MR) is 96.5 cm³/mol.